The highest BCUT2D eigenvalue weighted by Gasteiger charge is 2.69. The summed E-state index contributed by atoms with van der Waals surface area (Å²) in [5.74, 6) is -0.0415. The van der Waals surface area contributed by atoms with E-state index < -0.39 is 24.0 Å². The van der Waals surface area contributed by atoms with Crippen LogP contribution in [0.3, 0.4) is 0 Å². The predicted octanol–water partition coefficient (Wildman–Crippen LogP) is 3.13. The second-order valence-corrected chi connectivity index (χ2v) is 9.62. The first kappa shape index (κ1) is 20.5. The Labute approximate surface area is 167 Å². The summed E-state index contributed by atoms with van der Waals surface area (Å²) in [5.41, 5.74) is -0.616. The number of hydrogen-bond acceptors (Lipinski definition) is 7. The molecule has 28 heavy (non-hydrogen) atoms. The molecule has 4 aliphatic heterocycles. The lowest BCUT2D eigenvalue weighted by Gasteiger charge is -2.59. The van der Waals surface area contributed by atoms with Crippen LogP contribution in [0.25, 0.3) is 0 Å². The van der Waals surface area contributed by atoms with Gasteiger partial charge in [-0.25, -0.2) is 9.78 Å². The molecule has 4 saturated heterocycles. The smallest absolute Gasteiger partial charge is 0.309 e. The third kappa shape index (κ3) is 3.39. The van der Waals surface area contributed by atoms with E-state index in [2.05, 4.69) is 33.0 Å². The molecule has 7 heteroatoms. The van der Waals surface area contributed by atoms with Crippen molar-refractivity contribution >= 4 is 5.97 Å². The van der Waals surface area contributed by atoms with Crippen molar-refractivity contribution in [3.8, 4) is 0 Å². The summed E-state index contributed by atoms with van der Waals surface area (Å²) in [6, 6.07) is 0.339. The zero-order chi connectivity index (χ0) is 20.1. The predicted molar refractivity (Wildman–Crippen MR) is 101 cm³/mol. The zero-order valence-corrected chi connectivity index (χ0v) is 17.7. The van der Waals surface area contributed by atoms with E-state index in [9.17, 15) is 4.79 Å². The number of ether oxygens (including phenoxy) is 3. The van der Waals surface area contributed by atoms with Gasteiger partial charge >= 0.3 is 5.97 Å². The highest BCUT2D eigenvalue weighted by molar-refractivity contribution is 5.69. The van der Waals surface area contributed by atoms with Gasteiger partial charge in [-0.2, -0.15) is 0 Å². The van der Waals surface area contributed by atoms with E-state index in [-0.39, 0.29) is 17.8 Å². The highest BCUT2D eigenvalue weighted by atomic mass is 17.3. The first-order valence-electron chi connectivity index (χ1n) is 10.9. The molecule has 5 fully saturated rings. The van der Waals surface area contributed by atoms with Gasteiger partial charge in [0.05, 0.1) is 6.42 Å². The van der Waals surface area contributed by atoms with Crippen molar-refractivity contribution in [3.05, 3.63) is 0 Å². The number of fused-ring (bicyclic) bond motifs is 2. The first-order valence-corrected chi connectivity index (χ1v) is 10.9. The van der Waals surface area contributed by atoms with Crippen molar-refractivity contribution in [1.82, 2.24) is 5.32 Å². The van der Waals surface area contributed by atoms with Gasteiger partial charge in [0.1, 0.15) is 0 Å². The fourth-order valence-corrected chi connectivity index (χ4v) is 5.66. The number of esters is 1. The van der Waals surface area contributed by atoms with Gasteiger partial charge < -0.3 is 19.5 Å². The summed E-state index contributed by atoms with van der Waals surface area (Å²) < 4.78 is 18.3. The van der Waals surface area contributed by atoms with Crippen LogP contribution in [0.4, 0.5) is 0 Å². The van der Waals surface area contributed by atoms with Crippen LogP contribution in [-0.4, -0.2) is 42.5 Å². The average molecular weight is 398 g/mol. The molecule has 8 atom stereocenters. The van der Waals surface area contributed by atoms with Crippen molar-refractivity contribution in [1.29, 1.82) is 0 Å². The Morgan fingerprint density at radius 3 is 2.71 bits per heavy atom. The Kier molecular flexibility index (Phi) is 5.51. The average Bonchev–Trinajstić information content (AvgIpc) is 2.85. The van der Waals surface area contributed by atoms with Gasteiger partial charge in [0.2, 0.25) is 12.1 Å². The molecule has 160 valence electrons. The van der Waals surface area contributed by atoms with Crippen LogP contribution in [0.5, 0.6) is 0 Å². The van der Waals surface area contributed by atoms with E-state index in [0.717, 1.165) is 25.7 Å². The molecule has 2 unspecified atom stereocenters. The number of carbonyl (C=O) groups excluding carboxylic acids is 1. The maximum atomic E-state index is 12.4. The molecule has 0 amide bonds. The molecule has 1 saturated carbocycles. The minimum absolute atomic E-state index is 0.0166. The molecule has 0 aromatic carbocycles. The van der Waals surface area contributed by atoms with Crippen LogP contribution in [0.1, 0.15) is 66.7 Å². The highest BCUT2D eigenvalue weighted by Crippen LogP contribution is 2.60. The number of hydrogen-bond donors (Lipinski definition) is 1. The van der Waals surface area contributed by atoms with E-state index in [1.54, 1.807) is 0 Å². The summed E-state index contributed by atoms with van der Waals surface area (Å²) in [6.45, 7) is 11.0. The first-order chi connectivity index (χ1) is 13.2. The lowest BCUT2D eigenvalue weighted by Crippen LogP contribution is -2.70. The number of carbonyl (C=O) groups is 1. The maximum Gasteiger partial charge on any atom is 0.309 e. The van der Waals surface area contributed by atoms with E-state index in [0.29, 0.717) is 30.8 Å². The van der Waals surface area contributed by atoms with Gasteiger partial charge in [-0.15, -0.1) is 0 Å². The molecule has 5 aliphatic rings. The normalized spacial score (nSPS) is 47.5. The molecule has 1 aliphatic carbocycles. The second kappa shape index (κ2) is 7.51. The standard InChI is InChI=1S/C21H35NO6/c1-12(2)22-11-9-17(23)24-18-14(4)16-7-6-13(3)15-8-10-20(5)26-19(25-18)21(15,16)28-27-20/h12-16,18-19,22H,6-11H2,1-5H3/t13-,14-,15+,16+,18-,19?,20+,21?/m1/s1. The SMILES string of the molecule is CC(C)NCCC(=O)O[C@@H]1OC2O[C@]3(C)CC[C@H]4[C@H](C)CC[C@@H]([C@H]1C)C24OO3. The summed E-state index contributed by atoms with van der Waals surface area (Å²) in [7, 11) is 0. The van der Waals surface area contributed by atoms with Crippen LogP contribution in [-0.2, 0) is 28.8 Å². The zero-order valence-electron chi connectivity index (χ0n) is 17.7. The molecular weight excluding hydrogens is 362 g/mol. The van der Waals surface area contributed by atoms with Crippen LogP contribution < -0.4 is 5.32 Å². The lowest BCUT2D eigenvalue weighted by molar-refractivity contribution is -0.576. The fraction of sp³-hybridized carbons (Fsp3) is 0.952. The van der Waals surface area contributed by atoms with Gasteiger partial charge in [-0.05, 0) is 38.0 Å². The fourth-order valence-electron chi connectivity index (χ4n) is 5.66. The second-order valence-electron chi connectivity index (χ2n) is 9.62. The van der Waals surface area contributed by atoms with Gasteiger partial charge in [0.15, 0.2) is 11.9 Å². The molecule has 1 spiro atoms. The number of rotatable bonds is 5. The van der Waals surface area contributed by atoms with Gasteiger partial charge in [0.25, 0.3) is 0 Å². The van der Waals surface area contributed by atoms with E-state index in [4.69, 9.17) is 24.0 Å². The maximum absolute atomic E-state index is 12.4. The largest absolute Gasteiger partial charge is 0.435 e. The molecular formula is C21H35NO6. The van der Waals surface area contributed by atoms with Crippen molar-refractivity contribution in [2.45, 2.75) is 96.7 Å². The molecule has 1 N–H and O–H groups in total. The monoisotopic (exact) mass is 397 g/mol. The Balaban J connectivity index is 1.52. The lowest BCUT2D eigenvalue weighted by atomic mass is 9.58. The molecule has 0 aromatic heterocycles. The Morgan fingerprint density at radius 2 is 1.96 bits per heavy atom. The summed E-state index contributed by atoms with van der Waals surface area (Å²) in [4.78, 5) is 24.3. The molecule has 7 nitrogen and oxygen atoms in total. The van der Waals surface area contributed by atoms with E-state index in [1.807, 2.05) is 6.92 Å². The summed E-state index contributed by atoms with van der Waals surface area (Å²) >= 11 is 0. The van der Waals surface area contributed by atoms with Gasteiger partial charge in [-0.1, -0.05) is 27.7 Å². The number of nitrogens with one attached hydrogen (secondary N) is 1. The Bertz CT molecular complexity index is 599. The molecule has 0 aromatic rings. The van der Waals surface area contributed by atoms with Crippen LogP contribution in [0.2, 0.25) is 0 Å². The summed E-state index contributed by atoms with van der Waals surface area (Å²) in [5, 5.41) is 3.24. The Morgan fingerprint density at radius 1 is 1.18 bits per heavy atom. The van der Waals surface area contributed by atoms with Gasteiger partial charge in [-0.3, -0.25) is 4.79 Å². The quantitative estimate of drug-likeness (QED) is 0.564. The topological polar surface area (TPSA) is 75.3 Å². The van der Waals surface area contributed by atoms with Gasteiger partial charge in [0, 0.05) is 30.8 Å². The van der Waals surface area contributed by atoms with Crippen molar-refractivity contribution < 1.29 is 28.8 Å². The van der Waals surface area contributed by atoms with E-state index >= 15 is 0 Å². The van der Waals surface area contributed by atoms with Crippen LogP contribution in [0.15, 0.2) is 0 Å². The molecule has 2 bridgehead atoms. The minimum atomic E-state index is -0.812. The molecule has 4 heterocycles. The summed E-state index contributed by atoms with van der Waals surface area (Å²) in [6.07, 6.45) is 3.02. The van der Waals surface area contributed by atoms with Crippen LogP contribution in [0, 0.1) is 23.7 Å². The minimum Gasteiger partial charge on any atom is -0.435 e. The van der Waals surface area contributed by atoms with Crippen molar-refractivity contribution in [3.63, 3.8) is 0 Å². The third-order valence-electron chi connectivity index (χ3n) is 7.23. The van der Waals surface area contributed by atoms with Crippen LogP contribution >= 0.6 is 0 Å². The van der Waals surface area contributed by atoms with E-state index in [1.165, 1.54) is 0 Å². The molecule has 5 rings (SSSR count). The molecule has 0 radical (unpaired) electrons. The third-order valence-corrected chi connectivity index (χ3v) is 7.23. The van der Waals surface area contributed by atoms with Crippen molar-refractivity contribution in [2.75, 3.05) is 6.54 Å². The van der Waals surface area contributed by atoms with Crippen molar-refractivity contribution in [2.24, 2.45) is 23.7 Å². The Hall–Kier alpha value is -0.730.